The SMILES string of the molecule is O=C1NC[C@H]2CN(C(=O)c3csc(Cc4ccccc4)n3)C[C@@H]12. The van der Waals surface area contributed by atoms with E-state index in [2.05, 4.69) is 22.4 Å². The minimum atomic E-state index is -0.0530. The van der Waals surface area contributed by atoms with Gasteiger partial charge in [0.05, 0.1) is 10.9 Å². The highest BCUT2D eigenvalue weighted by atomic mass is 32.1. The molecule has 2 aliphatic heterocycles. The molecule has 0 bridgehead atoms. The lowest BCUT2D eigenvalue weighted by Crippen LogP contribution is -2.33. The number of hydrogen-bond donors (Lipinski definition) is 1. The monoisotopic (exact) mass is 327 g/mol. The van der Waals surface area contributed by atoms with Gasteiger partial charge in [-0.3, -0.25) is 9.59 Å². The summed E-state index contributed by atoms with van der Waals surface area (Å²) in [4.78, 5) is 30.6. The highest BCUT2D eigenvalue weighted by Crippen LogP contribution is 2.28. The smallest absolute Gasteiger partial charge is 0.273 e. The van der Waals surface area contributed by atoms with Gasteiger partial charge in [0.1, 0.15) is 5.69 Å². The fourth-order valence-corrected chi connectivity index (χ4v) is 4.13. The molecule has 2 saturated heterocycles. The predicted octanol–water partition coefficient (Wildman–Crippen LogP) is 1.55. The van der Waals surface area contributed by atoms with Crippen LogP contribution in [-0.4, -0.2) is 41.3 Å². The van der Waals surface area contributed by atoms with Gasteiger partial charge in [0.15, 0.2) is 0 Å². The third-order valence-electron chi connectivity index (χ3n) is 4.57. The average Bonchev–Trinajstić information content (AvgIpc) is 3.26. The number of fused-ring (bicyclic) bond motifs is 1. The van der Waals surface area contributed by atoms with Crippen LogP contribution in [0.25, 0.3) is 0 Å². The van der Waals surface area contributed by atoms with Gasteiger partial charge in [-0.05, 0) is 5.56 Å². The molecule has 0 radical (unpaired) electrons. The lowest BCUT2D eigenvalue weighted by molar-refractivity contribution is -0.122. The summed E-state index contributed by atoms with van der Waals surface area (Å²) in [5, 5.41) is 5.63. The fourth-order valence-electron chi connectivity index (χ4n) is 3.33. The molecule has 2 atom stereocenters. The fraction of sp³-hybridized carbons (Fsp3) is 0.353. The molecule has 1 N–H and O–H groups in total. The normalized spacial score (nSPS) is 23.0. The second-order valence-electron chi connectivity index (χ2n) is 6.11. The Kier molecular flexibility index (Phi) is 3.61. The van der Waals surface area contributed by atoms with E-state index >= 15 is 0 Å². The van der Waals surface area contributed by atoms with Crippen molar-refractivity contribution in [1.82, 2.24) is 15.2 Å². The molecule has 6 heteroatoms. The number of likely N-dealkylation sites (tertiary alicyclic amines) is 1. The Labute approximate surface area is 138 Å². The van der Waals surface area contributed by atoms with E-state index in [-0.39, 0.29) is 23.7 Å². The highest BCUT2D eigenvalue weighted by molar-refractivity contribution is 7.09. The first-order valence-corrected chi connectivity index (χ1v) is 8.64. The first-order valence-electron chi connectivity index (χ1n) is 7.76. The van der Waals surface area contributed by atoms with Crippen LogP contribution in [0.2, 0.25) is 0 Å². The van der Waals surface area contributed by atoms with Gasteiger partial charge in [0.2, 0.25) is 5.91 Å². The minimum absolute atomic E-state index is 0.0404. The number of amides is 2. The topological polar surface area (TPSA) is 62.3 Å². The number of aromatic nitrogens is 1. The van der Waals surface area contributed by atoms with Crippen LogP contribution in [0.3, 0.4) is 0 Å². The van der Waals surface area contributed by atoms with Crippen molar-refractivity contribution in [3.8, 4) is 0 Å². The number of rotatable bonds is 3. The Bertz CT molecular complexity index is 743. The molecule has 0 spiro atoms. The maximum absolute atomic E-state index is 12.6. The van der Waals surface area contributed by atoms with Crippen LogP contribution in [0.4, 0.5) is 0 Å². The van der Waals surface area contributed by atoms with E-state index in [1.165, 1.54) is 16.9 Å². The van der Waals surface area contributed by atoms with Crippen molar-refractivity contribution in [3.63, 3.8) is 0 Å². The number of nitrogens with zero attached hydrogens (tertiary/aromatic N) is 2. The molecule has 5 nitrogen and oxygen atoms in total. The maximum atomic E-state index is 12.6. The van der Waals surface area contributed by atoms with E-state index in [0.717, 1.165) is 11.4 Å². The third-order valence-corrected chi connectivity index (χ3v) is 5.42. The molecule has 2 amide bonds. The predicted molar refractivity (Wildman–Crippen MR) is 87.3 cm³/mol. The highest BCUT2D eigenvalue weighted by Gasteiger charge is 2.43. The minimum Gasteiger partial charge on any atom is -0.355 e. The summed E-state index contributed by atoms with van der Waals surface area (Å²) in [5.74, 6) is 0.242. The summed E-state index contributed by atoms with van der Waals surface area (Å²) in [7, 11) is 0. The van der Waals surface area contributed by atoms with Crippen LogP contribution in [0.5, 0.6) is 0 Å². The van der Waals surface area contributed by atoms with E-state index in [1.54, 1.807) is 4.90 Å². The molecule has 1 aromatic carbocycles. The van der Waals surface area contributed by atoms with Crippen molar-refractivity contribution in [2.75, 3.05) is 19.6 Å². The number of hydrogen-bond acceptors (Lipinski definition) is 4. The maximum Gasteiger partial charge on any atom is 0.273 e. The van der Waals surface area contributed by atoms with Crippen LogP contribution in [0.15, 0.2) is 35.7 Å². The van der Waals surface area contributed by atoms with Gasteiger partial charge in [0.25, 0.3) is 5.91 Å². The van der Waals surface area contributed by atoms with Gasteiger partial charge < -0.3 is 10.2 Å². The molecule has 4 rings (SSSR count). The van der Waals surface area contributed by atoms with Crippen LogP contribution in [0.1, 0.15) is 21.1 Å². The Hall–Kier alpha value is -2.21. The lowest BCUT2D eigenvalue weighted by atomic mass is 10.0. The first kappa shape index (κ1) is 14.4. The van der Waals surface area contributed by atoms with Gasteiger partial charge >= 0.3 is 0 Å². The van der Waals surface area contributed by atoms with Crippen molar-refractivity contribution in [1.29, 1.82) is 0 Å². The van der Waals surface area contributed by atoms with Gasteiger partial charge in [-0.1, -0.05) is 30.3 Å². The number of carbonyl (C=O) groups excluding carboxylic acids is 2. The average molecular weight is 327 g/mol. The summed E-state index contributed by atoms with van der Waals surface area (Å²) >= 11 is 1.52. The third kappa shape index (κ3) is 2.74. The molecule has 2 fully saturated rings. The summed E-state index contributed by atoms with van der Waals surface area (Å²) in [6, 6.07) is 10.1. The largest absolute Gasteiger partial charge is 0.355 e. The summed E-state index contributed by atoms with van der Waals surface area (Å²) in [6.07, 6.45) is 0.743. The van der Waals surface area contributed by atoms with Gasteiger partial charge in [-0.25, -0.2) is 4.98 Å². The second-order valence-corrected chi connectivity index (χ2v) is 7.05. The molecule has 1 aromatic heterocycles. The van der Waals surface area contributed by atoms with Crippen LogP contribution >= 0.6 is 11.3 Å². The van der Waals surface area contributed by atoms with Crippen molar-refractivity contribution in [2.45, 2.75) is 6.42 Å². The van der Waals surface area contributed by atoms with Gasteiger partial charge in [-0.2, -0.15) is 0 Å². The second kappa shape index (κ2) is 5.77. The summed E-state index contributed by atoms with van der Waals surface area (Å²) < 4.78 is 0. The molecule has 0 saturated carbocycles. The molecule has 3 heterocycles. The van der Waals surface area contributed by atoms with Crippen molar-refractivity contribution < 1.29 is 9.59 Å². The van der Waals surface area contributed by atoms with E-state index in [4.69, 9.17) is 0 Å². The van der Waals surface area contributed by atoms with Crippen LogP contribution in [-0.2, 0) is 11.2 Å². The number of thiazole rings is 1. The van der Waals surface area contributed by atoms with Gasteiger partial charge in [0, 0.05) is 37.4 Å². The quantitative estimate of drug-likeness (QED) is 0.930. The summed E-state index contributed by atoms with van der Waals surface area (Å²) in [5.41, 5.74) is 1.69. The molecular formula is C17H17N3O2S. The molecule has 2 aromatic rings. The molecule has 118 valence electrons. The van der Waals surface area contributed by atoms with E-state index < -0.39 is 0 Å². The molecule has 0 aliphatic carbocycles. The zero-order valence-corrected chi connectivity index (χ0v) is 13.4. The lowest BCUT2D eigenvalue weighted by Gasteiger charge is -2.15. The molecule has 0 unspecified atom stereocenters. The summed E-state index contributed by atoms with van der Waals surface area (Å²) in [6.45, 7) is 1.85. The van der Waals surface area contributed by atoms with Crippen molar-refractivity contribution in [2.24, 2.45) is 11.8 Å². The Morgan fingerprint density at radius 3 is 2.91 bits per heavy atom. The Balaban J connectivity index is 1.45. The van der Waals surface area contributed by atoms with E-state index in [9.17, 15) is 9.59 Å². The number of benzene rings is 1. The standard InChI is InChI=1S/C17H17N3O2S/c21-16-13-9-20(8-12(13)7-18-16)17(22)14-10-23-15(19-14)6-11-4-2-1-3-5-11/h1-5,10,12-13H,6-9H2,(H,18,21)/t12-,13+/m0/s1. The Morgan fingerprint density at radius 1 is 1.30 bits per heavy atom. The molecule has 23 heavy (non-hydrogen) atoms. The number of nitrogens with one attached hydrogen (secondary N) is 1. The van der Waals surface area contributed by atoms with Gasteiger partial charge in [-0.15, -0.1) is 11.3 Å². The van der Waals surface area contributed by atoms with Crippen LogP contribution in [0, 0.1) is 11.8 Å². The number of carbonyl (C=O) groups is 2. The van der Waals surface area contributed by atoms with E-state index in [1.807, 2.05) is 23.6 Å². The van der Waals surface area contributed by atoms with E-state index in [0.29, 0.717) is 25.3 Å². The first-order chi connectivity index (χ1) is 11.2. The van der Waals surface area contributed by atoms with Crippen LogP contribution < -0.4 is 5.32 Å². The zero-order chi connectivity index (χ0) is 15.8. The van der Waals surface area contributed by atoms with Crippen molar-refractivity contribution in [3.05, 3.63) is 52.0 Å². The molecular weight excluding hydrogens is 310 g/mol. The molecule has 2 aliphatic rings. The zero-order valence-electron chi connectivity index (χ0n) is 12.6. The van der Waals surface area contributed by atoms with Crippen molar-refractivity contribution >= 4 is 23.2 Å². The Morgan fingerprint density at radius 2 is 2.13 bits per heavy atom.